The number of hydrogen-bond donors (Lipinski definition) is 0. The monoisotopic (exact) mass is 360 g/mol. The Hall–Kier alpha value is -2.68. The van der Waals surface area contributed by atoms with E-state index in [-0.39, 0.29) is 5.56 Å². The van der Waals surface area contributed by atoms with Crippen molar-refractivity contribution in [2.75, 3.05) is 0 Å². The van der Waals surface area contributed by atoms with E-state index in [9.17, 15) is 4.79 Å². The van der Waals surface area contributed by atoms with E-state index in [1.165, 1.54) is 50.2 Å². The largest absolute Gasteiger partial charge is 0.269 e. The van der Waals surface area contributed by atoms with Gasteiger partial charge in [0.05, 0.1) is 0 Å². The number of nitrogens with zero attached hydrogens (tertiary/aromatic N) is 2. The van der Waals surface area contributed by atoms with Gasteiger partial charge in [0, 0.05) is 24.0 Å². The van der Waals surface area contributed by atoms with Crippen molar-refractivity contribution in [1.82, 2.24) is 9.55 Å². The molecule has 0 unspecified atom stereocenters. The van der Waals surface area contributed by atoms with E-state index in [0.717, 1.165) is 17.5 Å². The molecule has 1 aromatic carbocycles. The number of aromatic nitrogens is 2. The Bertz CT molecular complexity index is 879. The van der Waals surface area contributed by atoms with Crippen LogP contribution >= 0.6 is 0 Å². The molecule has 27 heavy (non-hydrogen) atoms. The van der Waals surface area contributed by atoms with Crippen molar-refractivity contribution < 1.29 is 0 Å². The Morgan fingerprint density at radius 3 is 2.26 bits per heavy atom. The second-order valence-electron chi connectivity index (χ2n) is 7.03. The van der Waals surface area contributed by atoms with E-state index in [0.29, 0.717) is 5.82 Å². The Balaban J connectivity index is 1.59. The number of hydrogen-bond acceptors (Lipinski definition) is 2. The molecule has 0 N–H and O–H groups in total. The highest BCUT2D eigenvalue weighted by atomic mass is 16.1. The third-order valence-corrected chi connectivity index (χ3v) is 4.92. The van der Waals surface area contributed by atoms with Crippen molar-refractivity contribution in [1.29, 1.82) is 0 Å². The summed E-state index contributed by atoms with van der Waals surface area (Å²) in [4.78, 5) is 16.4. The Labute approximate surface area is 161 Å². The van der Waals surface area contributed by atoms with Gasteiger partial charge in [0.2, 0.25) is 0 Å². The minimum absolute atomic E-state index is 0.0724. The Morgan fingerprint density at radius 1 is 0.815 bits per heavy atom. The molecule has 2 aromatic heterocycles. The van der Waals surface area contributed by atoms with Crippen LogP contribution in [0.3, 0.4) is 0 Å². The molecule has 2 heterocycles. The zero-order valence-corrected chi connectivity index (χ0v) is 16.1. The highest BCUT2D eigenvalue weighted by Gasteiger charge is 2.03. The number of rotatable bonds is 9. The van der Waals surface area contributed by atoms with Crippen molar-refractivity contribution in [2.45, 2.75) is 51.9 Å². The van der Waals surface area contributed by atoms with Crippen molar-refractivity contribution in [3.63, 3.8) is 0 Å². The maximum atomic E-state index is 11.9. The molecule has 0 spiro atoms. The summed E-state index contributed by atoms with van der Waals surface area (Å²) >= 11 is 0. The molecule has 0 saturated heterocycles. The van der Waals surface area contributed by atoms with E-state index in [1.807, 2.05) is 24.4 Å². The molecule has 3 rings (SSSR count). The van der Waals surface area contributed by atoms with E-state index < -0.39 is 0 Å². The fourth-order valence-corrected chi connectivity index (χ4v) is 3.29. The Kier molecular flexibility index (Phi) is 6.97. The van der Waals surface area contributed by atoms with Crippen molar-refractivity contribution in [3.8, 4) is 16.9 Å². The fraction of sp³-hybridized carbons (Fsp3) is 0.333. The molecule has 0 bridgehead atoms. The van der Waals surface area contributed by atoms with E-state index in [1.54, 1.807) is 16.8 Å². The highest BCUT2D eigenvalue weighted by Crippen LogP contribution is 2.20. The van der Waals surface area contributed by atoms with Crippen LogP contribution in [-0.2, 0) is 6.42 Å². The van der Waals surface area contributed by atoms with Gasteiger partial charge in [0.1, 0.15) is 5.82 Å². The van der Waals surface area contributed by atoms with E-state index in [2.05, 4.69) is 36.2 Å². The standard InChI is InChI=1S/C24H28N2O/c1-2-3-4-5-6-7-10-20-12-14-21(15-13-20)22-16-17-23(25-19-22)26-18-9-8-11-24(26)27/h8-9,11-19H,2-7,10H2,1H3. The molecule has 3 heteroatoms. The minimum Gasteiger partial charge on any atom is -0.269 e. The average Bonchev–Trinajstić information content (AvgIpc) is 2.72. The van der Waals surface area contributed by atoms with E-state index >= 15 is 0 Å². The Morgan fingerprint density at radius 2 is 1.56 bits per heavy atom. The molecule has 3 aromatic rings. The first-order valence-corrected chi connectivity index (χ1v) is 10.0. The summed E-state index contributed by atoms with van der Waals surface area (Å²) < 4.78 is 1.55. The lowest BCUT2D eigenvalue weighted by molar-refractivity contribution is 0.607. The topological polar surface area (TPSA) is 34.9 Å². The van der Waals surface area contributed by atoms with Gasteiger partial charge in [-0.2, -0.15) is 0 Å². The average molecular weight is 361 g/mol. The van der Waals surface area contributed by atoms with E-state index in [4.69, 9.17) is 0 Å². The fourth-order valence-electron chi connectivity index (χ4n) is 3.29. The zero-order valence-electron chi connectivity index (χ0n) is 16.1. The summed E-state index contributed by atoms with van der Waals surface area (Å²) in [7, 11) is 0. The third-order valence-electron chi connectivity index (χ3n) is 4.92. The minimum atomic E-state index is -0.0724. The first kappa shape index (κ1) is 19.1. The molecular formula is C24H28N2O. The summed E-state index contributed by atoms with van der Waals surface area (Å²) in [6, 6.07) is 17.8. The van der Waals surface area contributed by atoms with Gasteiger partial charge in [-0.25, -0.2) is 4.98 Å². The van der Waals surface area contributed by atoms with Crippen LogP contribution in [0.15, 0.2) is 71.8 Å². The molecule has 0 aliphatic heterocycles. The van der Waals surface area contributed by atoms with Crippen LogP contribution in [0.25, 0.3) is 16.9 Å². The van der Waals surface area contributed by atoms with Crippen molar-refractivity contribution in [2.24, 2.45) is 0 Å². The summed E-state index contributed by atoms with van der Waals surface area (Å²) in [5.74, 6) is 0.643. The van der Waals surface area contributed by atoms with Gasteiger partial charge in [0.15, 0.2) is 0 Å². The van der Waals surface area contributed by atoms with Crippen LogP contribution in [-0.4, -0.2) is 9.55 Å². The quantitative estimate of drug-likeness (QED) is 0.452. The highest BCUT2D eigenvalue weighted by molar-refractivity contribution is 5.63. The van der Waals surface area contributed by atoms with Crippen LogP contribution in [0, 0.1) is 0 Å². The number of benzene rings is 1. The molecule has 0 amide bonds. The second-order valence-corrected chi connectivity index (χ2v) is 7.03. The summed E-state index contributed by atoms with van der Waals surface area (Å²) in [6.45, 7) is 2.26. The second kappa shape index (κ2) is 9.86. The van der Waals surface area contributed by atoms with Crippen LogP contribution in [0.2, 0.25) is 0 Å². The van der Waals surface area contributed by atoms with Crippen LogP contribution in [0.4, 0.5) is 0 Å². The molecule has 3 nitrogen and oxygen atoms in total. The molecule has 0 atom stereocenters. The summed E-state index contributed by atoms with van der Waals surface area (Å²) in [5, 5.41) is 0. The first-order valence-electron chi connectivity index (χ1n) is 10.0. The van der Waals surface area contributed by atoms with Gasteiger partial charge in [-0.1, -0.05) is 69.4 Å². The summed E-state index contributed by atoms with van der Waals surface area (Å²) in [6.07, 6.45) is 12.7. The predicted octanol–water partition coefficient (Wildman–Crippen LogP) is 5.80. The van der Waals surface area contributed by atoms with Gasteiger partial charge in [-0.05, 0) is 42.2 Å². The van der Waals surface area contributed by atoms with Crippen LogP contribution in [0.5, 0.6) is 0 Å². The van der Waals surface area contributed by atoms with Crippen LogP contribution in [0.1, 0.15) is 51.0 Å². The lowest BCUT2D eigenvalue weighted by Gasteiger charge is -2.07. The lowest BCUT2D eigenvalue weighted by atomic mass is 10.0. The molecule has 0 aliphatic carbocycles. The molecular weight excluding hydrogens is 332 g/mol. The molecule has 0 aliphatic rings. The van der Waals surface area contributed by atoms with Gasteiger partial charge in [-0.15, -0.1) is 0 Å². The van der Waals surface area contributed by atoms with Crippen LogP contribution < -0.4 is 5.56 Å². The summed E-state index contributed by atoms with van der Waals surface area (Å²) in [5.41, 5.74) is 3.54. The maximum Gasteiger partial charge on any atom is 0.256 e. The normalized spacial score (nSPS) is 10.9. The van der Waals surface area contributed by atoms with Gasteiger partial charge in [-0.3, -0.25) is 9.36 Å². The zero-order chi connectivity index (χ0) is 18.9. The smallest absolute Gasteiger partial charge is 0.256 e. The van der Waals surface area contributed by atoms with Gasteiger partial charge in [0.25, 0.3) is 5.56 Å². The molecule has 0 saturated carbocycles. The number of aryl methyl sites for hydroxylation is 1. The number of pyridine rings is 2. The number of unbranched alkanes of at least 4 members (excludes halogenated alkanes) is 5. The molecule has 140 valence electrons. The molecule has 0 radical (unpaired) electrons. The predicted molar refractivity (Wildman–Crippen MR) is 112 cm³/mol. The van der Waals surface area contributed by atoms with Crippen molar-refractivity contribution in [3.05, 3.63) is 82.9 Å². The molecule has 0 fully saturated rings. The third kappa shape index (κ3) is 5.40. The SMILES string of the molecule is CCCCCCCCc1ccc(-c2ccc(-n3ccccc3=O)nc2)cc1. The van der Waals surface area contributed by atoms with Gasteiger partial charge < -0.3 is 0 Å². The first-order chi connectivity index (χ1) is 13.3. The maximum absolute atomic E-state index is 11.9. The van der Waals surface area contributed by atoms with Crippen molar-refractivity contribution >= 4 is 0 Å². The van der Waals surface area contributed by atoms with Gasteiger partial charge >= 0.3 is 0 Å². The lowest BCUT2D eigenvalue weighted by Crippen LogP contribution is -2.16.